The van der Waals surface area contributed by atoms with Gasteiger partial charge in [-0.1, -0.05) is 31.1 Å². The Kier molecular flexibility index (Phi) is 9.48. The van der Waals surface area contributed by atoms with Gasteiger partial charge in [0, 0.05) is 25.6 Å². The Morgan fingerprint density at radius 2 is 1.90 bits per heavy atom. The van der Waals surface area contributed by atoms with E-state index in [1.54, 1.807) is 26.2 Å². The van der Waals surface area contributed by atoms with Crippen molar-refractivity contribution < 1.29 is 36.7 Å². The van der Waals surface area contributed by atoms with Gasteiger partial charge in [0.25, 0.3) is 11.8 Å². The molecule has 0 spiro atoms. The highest BCUT2D eigenvalue weighted by Gasteiger charge is 2.62. The van der Waals surface area contributed by atoms with Crippen LogP contribution in [0, 0.1) is 18.7 Å². The summed E-state index contributed by atoms with van der Waals surface area (Å²) in [7, 11) is -2.24. The van der Waals surface area contributed by atoms with Crippen molar-refractivity contribution in [1.82, 2.24) is 40.0 Å². The first kappa shape index (κ1) is 35.5. The molecule has 17 heteroatoms. The first-order valence-corrected chi connectivity index (χ1v) is 19.1. The Labute approximate surface area is 299 Å². The fraction of sp³-hybridized carbons (Fsp3) is 0.514. The number of nitrogens with one attached hydrogen (secondary N) is 3. The number of hydrogen-bond acceptors (Lipinski definition) is 10. The standard InChI is InChI=1S/C35H41FN8O7S/c1-20-32(39-29-24(36)10-8-12-25(29)37-20)51-22-17-28-31(46)40-35(34(48)42-52(49,50)23-13-14-23)18-21(35)9-6-4-3-5-7-11-27(33(47)44(28)19-22)38-30(45)26-15-16-43(2)41-26/h6,8-10,12,15-16,21-23,27-28H,3-5,7,11,13-14,17-19H2,1-2H3,(H,38,45)(H,40,46)(H,42,48)/b9-6-/t21-,22-,27+,28+,35-/m1/s1. The highest BCUT2D eigenvalue weighted by molar-refractivity contribution is 7.91. The maximum absolute atomic E-state index is 14.7. The number of benzene rings is 1. The molecule has 2 aliphatic heterocycles. The number of rotatable bonds is 7. The van der Waals surface area contributed by atoms with E-state index in [1.165, 1.54) is 27.8 Å². The van der Waals surface area contributed by atoms with Crippen molar-refractivity contribution in [2.75, 3.05) is 6.54 Å². The Balaban J connectivity index is 1.20. The quantitative estimate of drug-likeness (QED) is 0.302. The van der Waals surface area contributed by atoms with Gasteiger partial charge >= 0.3 is 0 Å². The topological polar surface area (TPSA) is 195 Å². The minimum Gasteiger partial charge on any atom is -0.471 e. The van der Waals surface area contributed by atoms with Crippen molar-refractivity contribution in [3.05, 3.63) is 59.8 Å². The van der Waals surface area contributed by atoms with Gasteiger partial charge in [-0.15, -0.1) is 0 Å². The van der Waals surface area contributed by atoms with E-state index in [1.807, 2.05) is 12.2 Å². The first-order valence-electron chi connectivity index (χ1n) is 17.6. The van der Waals surface area contributed by atoms with E-state index in [0.717, 1.165) is 12.8 Å². The summed E-state index contributed by atoms with van der Waals surface area (Å²) in [4.78, 5) is 65.7. The number of allylic oxidation sites excluding steroid dienone is 1. The van der Waals surface area contributed by atoms with Crippen LogP contribution in [-0.2, 0) is 31.5 Å². The van der Waals surface area contributed by atoms with Gasteiger partial charge in [-0.3, -0.25) is 28.6 Å². The molecule has 4 heterocycles. The fourth-order valence-electron chi connectivity index (χ4n) is 7.00. The van der Waals surface area contributed by atoms with Crippen LogP contribution in [0.5, 0.6) is 5.88 Å². The minimum atomic E-state index is -3.91. The van der Waals surface area contributed by atoms with Crippen LogP contribution in [0.4, 0.5) is 4.39 Å². The molecule has 5 atom stereocenters. The molecule has 0 radical (unpaired) electrons. The number of ether oxygens (including phenoxy) is 1. The minimum absolute atomic E-state index is 0.00370. The third-order valence-electron chi connectivity index (χ3n) is 10.1. The van der Waals surface area contributed by atoms with Crippen LogP contribution in [0.25, 0.3) is 11.0 Å². The summed E-state index contributed by atoms with van der Waals surface area (Å²) in [5.74, 6) is -3.58. The summed E-state index contributed by atoms with van der Waals surface area (Å²) in [5.41, 5.74) is -0.693. The molecule has 0 unspecified atom stereocenters. The normalized spacial score (nSPS) is 27.4. The SMILES string of the molecule is Cc1nc2cccc(F)c2nc1O[C@@H]1C[C@H]2C(=O)N[C@]3(C(=O)NS(=O)(=O)C4CC4)C[C@H]3/C=C\CCCCC[C@H](NC(=O)c3ccn(C)n3)C(=O)N2C1. The number of hydrogen-bond donors (Lipinski definition) is 3. The van der Waals surface area contributed by atoms with Crippen LogP contribution < -0.4 is 20.1 Å². The van der Waals surface area contributed by atoms with Crippen molar-refractivity contribution in [2.45, 2.75) is 93.7 Å². The molecular formula is C35H41FN8O7S. The van der Waals surface area contributed by atoms with Crippen molar-refractivity contribution in [3.8, 4) is 5.88 Å². The van der Waals surface area contributed by atoms with Gasteiger partial charge in [-0.2, -0.15) is 5.10 Å². The highest BCUT2D eigenvalue weighted by Crippen LogP contribution is 2.46. The second kappa shape index (κ2) is 13.9. The predicted molar refractivity (Wildman–Crippen MR) is 185 cm³/mol. The summed E-state index contributed by atoms with van der Waals surface area (Å²) in [5, 5.41) is 9.15. The lowest BCUT2D eigenvalue weighted by Gasteiger charge is -2.29. The molecule has 4 aliphatic rings. The van der Waals surface area contributed by atoms with Crippen LogP contribution in [-0.4, -0.2) is 92.2 Å². The number of halogens is 1. The Hall–Kier alpha value is -4.93. The van der Waals surface area contributed by atoms with Crippen LogP contribution in [0.2, 0.25) is 0 Å². The van der Waals surface area contributed by atoms with Crippen LogP contribution >= 0.6 is 0 Å². The Morgan fingerprint density at radius 3 is 2.65 bits per heavy atom. The zero-order valence-electron chi connectivity index (χ0n) is 28.9. The molecule has 3 fully saturated rings. The molecule has 2 aromatic heterocycles. The van der Waals surface area contributed by atoms with E-state index in [-0.39, 0.29) is 36.5 Å². The van der Waals surface area contributed by atoms with Crippen molar-refractivity contribution in [2.24, 2.45) is 13.0 Å². The van der Waals surface area contributed by atoms with Crippen molar-refractivity contribution in [3.63, 3.8) is 0 Å². The number of amides is 4. The van der Waals surface area contributed by atoms with E-state index in [4.69, 9.17) is 4.74 Å². The molecule has 2 aliphatic carbocycles. The van der Waals surface area contributed by atoms with Crippen LogP contribution in [0.15, 0.2) is 42.6 Å². The molecule has 15 nitrogen and oxygen atoms in total. The number of sulfonamides is 1. The fourth-order valence-corrected chi connectivity index (χ4v) is 8.36. The largest absolute Gasteiger partial charge is 0.471 e. The zero-order chi connectivity index (χ0) is 36.8. The Bertz CT molecular complexity index is 2070. The average Bonchev–Trinajstić information content (AvgIpc) is 3.99. The van der Waals surface area contributed by atoms with E-state index in [2.05, 4.69) is 30.4 Å². The molecule has 0 bridgehead atoms. The number of nitrogens with zero attached hydrogens (tertiary/aromatic N) is 5. The molecular weight excluding hydrogens is 695 g/mol. The van der Waals surface area contributed by atoms with Crippen molar-refractivity contribution >= 4 is 44.7 Å². The van der Waals surface area contributed by atoms with Crippen molar-refractivity contribution in [1.29, 1.82) is 0 Å². The van der Waals surface area contributed by atoms with Crippen LogP contribution in [0.3, 0.4) is 0 Å². The third-order valence-corrected chi connectivity index (χ3v) is 12.0. The van der Waals surface area contributed by atoms with Gasteiger partial charge in [-0.05, 0) is 63.6 Å². The molecule has 3 aromatic rings. The molecule has 1 saturated heterocycles. The number of carbonyl (C=O) groups excluding carboxylic acids is 4. The molecule has 7 rings (SSSR count). The van der Waals surface area contributed by atoms with Gasteiger partial charge in [0.2, 0.25) is 27.7 Å². The number of aromatic nitrogens is 4. The highest BCUT2D eigenvalue weighted by atomic mass is 32.2. The number of fused-ring (bicyclic) bond motifs is 3. The van der Waals surface area contributed by atoms with E-state index in [9.17, 15) is 32.0 Å². The molecule has 52 heavy (non-hydrogen) atoms. The zero-order valence-corrected chi connectivity index (χ0v) is 29.7. The van der Waals surface area contributed by atoms with E-state index >= 15 is 0 Å². The summed E-state index contributed by atoms with van der Waals surface area (Å²) >= 11 is 0. The molecule has 2 saturated carbocycles. The molecule has 3 N–H and O–H groups in total. The second-order valence-corrected chi connectivity index (χ2v) is 16.1. The van der Waals surface area contributed by atoms with Gasteiger partial charge in [0.1, 0.15) is 40.6 Å². The number of carbonyl (C=O) groups is 4. The maximum Gasteiger partial charge on any atom is 0.272 e. The van der Waals surface area contributed by atoms with Gasteiger partial charge in [0.05, 0.1) is 17.3 Å². The second-order valence-electron chi connectivity index (χ2n) is 14.1. The molecule has 1 aromatic carbocycles. The number of aryl methyl sites for hydroxylation is 2. The van der Waals surface area contributed by atoms with Gasteiger partial charge < -0.3 is 20.3 Å². The van der Waals surface area contributed by atoms with E-state index < -0.39 is 74.4 Å². The smallest absolute Gasteiger partial charge is 0.272 e. The monoisotopic (exact) mass is 736 g/mol. The summed E-state index contributed by atoms with van der Waals surface area (Å²) in [6, 6.07) is 3.75. The van der Waals surface area contributed by atoms with Gasteiger partial charge in [-0.25, -0.2) is 22.8 Å². The average molecular weight is 737 g/mol. The van der Waals surface area contributed by atoms with Crippen LogP contribution in [0.1, 0.15) is 74.0 Å². The first-order chi connectivity index (χ1) is 24.8. The summed E-state index contributed by atoms with van der Waals surface area (Å²) in [6.07, 6.45) is 8.71. The lowest BCUT2D eigenvalue weighted by atomic mass is 10.0. The predicted octanol–water partition coefficient (Wildman–Crippen LogP) is 1.96. The number of para-hydroxylation sites is 1. The summed E-state index contributed by atoms with van der Waals surface area (Å²) < 4.78 is 50.1. The van der Waals surface area contributed by atoms with Gasteiger partial charge in [0.15, 0.2) is 5.82 Å². The lowest BCUT2D eigenvalue weighted by molar-refractivity contribution is -0.141. The molecule has 4 amide bonds. The summed E-state index contributed by atoms with van der Waals surface area (Å²) in [6.45, 7) is 1.56. The Morgan fingerprint density at radius 1 is 1.10 bits per heavy atom. The maximum atomic E-state index is 14.7. The third kappa shape index (κ3) is 7.22. The van der Waals surface area contributed by atoms with E-state index in [0.29, 0.717) is 43.3 Å². The molecule has 276 valence electrons. The lowest BCUT2D eigenvalue weighted by Crippen LogP contribution is -2.58.